The van der Waals surface area contributed by atoms with Crippen LogP contribution >= 0.6 is 0 Å². The second-order valence-corrected chi connectivity index (χ2v) is 7.91. The molecule has 4 amide bonds. The van der Waals surface area contributed by atoms with Gasteiger partial charge in [-0.15, -0.1) is 0 Å². The highest BCUT2D eigenvalue weighted by molar-refractivity contribution is 5.94. The van der Waals surface area contributed by atoms with Gasteiger partial charge in [-0.05, 0) is 32.1 Å². The number of nitrogens with zero attached hydrogens (tertiary/aromatic N) is 1. The molecule has 0 saturated heterocycles. The summed E-state index contributed by atoms with van der Waals surface area (Å²) in [6.07, 6.45) is -0.112. The number of carbonyl (C=O) groups excluding carboxylic acids is 4. The monoisotopic (exact) mass is 472 g/mol. The smallest absolute Gasteiger partial charge is 0.326 e. The fourth-order valence-electron chi connectivity index (χ4n) is 2.56. The van der Waals surface area contributed by atoms with Crippen LogP contribution in [0.5, 0.6) is 0 Å². The van der Waals surface area contributed by atoms with E-state index in [9.17, 15) is 29.1 Å². The summed E-state index contributed by atoms with van der Waals surface area (Å²) in [5.74, 6) is -4.39. The van der Waals surface area contributed by atoms with Gasteiger partial charge in [0.15, 0.2) is 5.96 Å². The molecule has 0 saturated carbocycles. The molecule has 0 aliphatic heterocycles. The SMILES string of the molecule is CC(NC(=O)C(N)C(C)C)C(=O)NC(CCC(N)=O)C(=O)NC(CCCN=C(N)N)C(=O)O. The third-order valence-electron chi connectivity index (χ3n) is 4.65. The number of nitrogens with one attached hydrogen (secondary N) is 3. The van der Waals surface area contributed by atoms with Crippen molar-refractivity contribution in [1.29, 1.82) is 0 Å². The zero-order chi connectivity index (χ0) is 25.7. The fourth-order valence-corrected chi connectivity index (χ4v) is 2.56. The summed E-state index contributed by atoms with van der Waals surface area (Å²) >= 11 is 0. The highest BCUT2D eigenvalue weighted by Gasteiger charge is 2.29. The number of aliphatic imine (C=N–C) groups is 1. The lowest BCUT2D eigenvalue weighted by molar-refractivity contribution is -0.142. The van der Waals surface area contributed by atoms with E-state index in [4.69, 9.17) is 22.9 Å². The van der Waals surface area contributed by atoms with E-state index < -0.39 is 53.8 Å². The molecule has 0 bridgehead atoms. The zero-order valence-electron chi connectivity index (χ0n) is 19.2. The quantitative estimate of drug-likeness (QED) is 0.0678. The van der Waals surface area contributed by atoms with Crippen LogP contribution in [0.15, 0.2) is 4.99 Å². The van der Waals surface area contributed by atoms with E-state index in [0.29, 0.717) is 0 Å². The number of hydrogen-bond acceptors (Lipinski definition) is 7. The molecule has 14 heteroatoms. The minimum atomic E-state index is -1.30. The van der Waals surface area contributed by atoms with Crippen LogP contribution in [0.1, 0.15) is 46.5 Å². The van der Waals surface area contributed by atoms with Crippen molar-refractivity contribution in [3.8, 4) is 0 Å². The van der Waals surface area contributed by atoms with E-state index in [-0.39, 0.29) is 44.1 Å². The molecule has 0 aromatic rings. The van der Waals surface area contributed by atoms with Crippen LogP contribution in [0.2, 0.25) is 0 Å². The average molecular weight is 473 g/mol. The molecule has 0 heterocycles. The van der Waals surface area contributed by atoms with E-state index in [1.165, 1.54) is 6.92 Å². The molecule has 14 nitrogen and oxygen atoms in total. The van der Waals surface area contributed by atoms with Gasteiger partial charge >= 0.3 is 5.97 Å². The molecule has 188 valence electrons. The Bertz CT molecular complexity index is 738. The minimum absolute atomic E-state index is 0.0217. The predicted molar refractivity (Wildman–Crippen MR) is 120 cm³/mol. The Labute approximate surface area is 192 Å². The third kappa shape index (κ3) is 12.3. The van der Waals surface area contributed by atoms with Crippen LogP contribution in [-0.2, 0) is 24.0 Å². The van der Waals surface area contributed by atoms with Gasteiger partial charge in [0.2, 0.25) is 23.6 Å². The van der Waals surface area contributed by atoms with E-state index in [0.717, 1.165) is 0 Å². The van der Waals surface area contributed by atoms with Crippen molar-refractivity contribution in [3.63, 3.8) is 0 Å². The molecule has 0 spiro atoms. The van der Waals surface area contributed by atoms with E-state index in [1.54, 1.807) is 13.8 Å². The van der Waals surface area contributed by atoms with Crippen LogP contribution in [0.4, 0.5) is 0 Å². The van der Waals surface area contributed by atoms with Crippen molar-refractivity contribution in [3.05, 3.63) is 0 Å². The van der Waals surface area contributed by atoms with Crippen LogP contribution in [0.25, 0.3) is 0 Å². The summed E-state index contributed by atoms with van der Waals surface area (Å²) < 4.78 is 0. The van der Waals surface area contributed by atoms with E-state index in [2.05, 4.69) is 20.9 Å². The largest absolute Gasteiger partial charge is 0.480 e. The Morgan fingerprint density at radius 3 is 1.91 bits per heavy atom. The maximum atomic E-state index is 12.7. The molecule has 0 aliphatic rings. The first-order valence-electron chi connectivity index (χ1n) is 10.5. The Balaban J connectivity index is 5.19. The van der Waals surface area contributed by atoms with Crippen molar-refractivity contribution >= 4 is 35.6 Å². The first kappa shape index (κ1) is 29.6. The summed E-state index contributed by atoms with van der Waals surface area (Å²) in [5.41, 5.74) is 21.3. The number of carboxylic acids is 1. The summed E-state index contributed by atoms with van der Waals surface area (Å²) in [4.78, 5) is 63.7. The number of carboxylic acid groups (broad SMARTS) is 1. The molecule has 33 heavy (non-hydrogen) atoms. The number of nitrogens with two attached hydrogens (primary N) is 4. The van der Waals surface area contributed by atoms with Gasteiger partial charge in [-0.1, -0.05) is 13.8 Å². The summed E-state index contributed by atoms with van der Waals surface area (Å²) in [7, 11) is 0. The van der Waals surface area contributed by atoms with Gasteiger partial charge in [0.25, 0.3) is 0 Å². The Hall–Kier alpha value is -3.42. The molecule has 4 atom stereocenters. The van der Waals surface area contributed by atoms with Crippen molar-refractivity contribution in [1.82, 2.24) is 16.0 Å². The maximum Gasteiger partial charge on any atom is 0.326 e. The molecule has 0 rings (SSSR count). The van der Waals surface area contributed by atoms with E-state index >= 15 is 0 Å². The standard InChI is InChI=1S/C19H36N8O6/c1-9(2)14(21)17(31)25-10(3)15(29)26-11(6-7-13(20)28)16(30)27-12(18(32)33)5-4-8-24-19(22)23/h9-12,14H,4-8,21H2,1-3H3,(H2,20,28)(H,25,31)(H,26,29)(H,27,30)(H,32,33)(H4,22,23,24). The molecular weight excluding hydrogens is 436 g/mol. The highest BCUT2D eigenvalue weighted by Crippen LogP contribution is 2.04. The number of carbonyl (C=O) groups is 5. The van der Waals surface area contributed by atoms with Gasteiger partial charge in [0, 0.05) is 13.0 Å². The van der Waals surface area contributed by atoms with Gasteiger partial charge in [-0.25, -0.2) is 4.79 Å². The van der Waals surface area contributed by atoms with Crippen molar-refractivity contribution in [2.24, 2.45) is 33.8 Å². The van der Waals surface area contributed by atoms with E-state index in [1.807, 2.05) is 0 Å². The first-order valence-corrected chi connectivity index (χ1v) is 10.5. The van der Waals surface area contributed by atoms with Gasteiger partial charge < -0.3 is 44.0 Å². The first-order chi connectivity index (χ1) is 15.3. The van der Waals surface area contributed by atoms with Crippen LogP contribution in [-0.4, -0.2) is 71.4 Å². The number of amides is 4. The topological polar surface area (TPSA) is 258 Å². The number of primary amides is 1. The lowest BCUT2D eigenvalue weighted by atomic mass is 10.0. The lowest BCUT2D eigenvalue weighted by Gasteiger charge is -2.24. The van der Waals surface area contributed by atoms with Gasteiger partial charge in [-0.3, -0.25) is 24.2 Å². The van der Waals surface area contributed by atoms with Crippen molar-refractivity contribution in [2.75, 3.05) is 6.54 Å². The predicted octanol–water partition coefficient (Wildman–Crippen LogP) is -3.15. The number of guanidine groups is 1. The molecule has 0 aromatic heterocycles. The second-order valence-electron chi connectivity index (χ2n) is 7.91. The zero-order valence-corrected chi connectivity index (χ0v) is 19.2. The summed E-state index contributed by atoms with van der Waals surface area (Å²) in [6.45, 7) is 5.05. The van der Waals surface area contributed by atoms with Crippen molar-refractivity contribution < 1.29 is 29.1 Å². The van der Waals surface area contributed by atoms with Crippen LogP contribution in [0, 0.1) is 5.92 Å². The lowest BCUT2D eigenvalue weighted by Crippen LogP contribution is -2.56. The number of aliphatic carboxylic acids is 1. The molecule has 12 N–H and O–H groups in total. The van der Waals surface area contributed by atoms with Gasteiger partial charge in [-0.2, -0.15) is 0 Å². The Kier molecular flexibility index (Phi) is 13.1. The third-order valence-corrected chi connectivity index (χ3v) is 4.65. The van der Waals surface area contributed by atoms with Crippen LogP contribution in [0.3, 0.4) is 0 Å². The molecule has 0 fully saturated rings. The molecular formula is C19H36N8O6. The summed E-state index contributed by atoms with van der Waals surface area (Å²) in [6, 6.07) is -4.41. The molecule has 0 aromatic carbocycles. The number of rotatable bonds is 15. The van der Waals surface area contributed by atoms with Crippen LogP contribution < -0.4 is 38.9 Å². The maximum absolute atomic E-state index is 12.7. The second kappa shape index (κ2) is 14.6. The Morgan fingerprint density at radius 2 is 1.42 bits per heavy atom. The normalized spacial score (nSPS) is 14.3. The van der Waals surface area contributed by atoms with Gasteiger partial charge in [0.1, 0.15) is 18.1 Å². The van der Waals surface area contributed by atoms with Crippen molar-refractivity contribution in [2.45, 2.75) is 70.6 Å². The molecule has 4 unspecified atom stereocenters. The number of hydrogen-bond donors (Lipinski definition) is 8. The molecule has 0 aliphatic carbocycles. The minimum Gasteiger partial charge on any atom is -0.480 e. The highest BCUT2D eigenvalue weighted by atomic mass is 16.4. The Morgan fingerprint density at radius 1 is 0.848 bits per heavy atom. The summed E-state index contributed by atoms with van der Waals surface area (Å²) in [5, 5.41) is 16.6. The fraction of sp³-hybridized carbons (Fsp3) is 0.684. The molecule has 0 radical (unpaired) electrons. The van der Waals surface area contributed by atoms with Gasteiger partial charge in [0.05, 0.1) is 6.04 Å². The average Bonchev–Trinajstić information content (AvgIpc) is 2.71.